The minimum atomic E-state index is -0.129. The molecule has 0 spiro atoms. The highest BCUT2D eigenvalue weighted by Gasteiger charge is 2.28. The van der Waals surface area contributed by atoms with E-state index >= 15 is 0 Å². The number of nitrogens with one attached hydrogen (secondary N) is 2. The van der Waals surface area contributed by atoms with E-state index < -0.39 is 0 Å². The van der Waals surface area contributed by atoms with Crippen molar-refractivity contribution in [1.82, 2.24) is 4.90 Å². The molecule has 2 heterocycles. The summed E-state index contributed by atoms with van der Waals surface area (Å²) in [6.07, 6.45) is 3.93. The number of rotatable bonds is 5. The zero-order chi connectivity index (χ0) is 21.9. The Morgan fingerprint density at radius 3 is 2.44 bits per heavy atom. The molecule has 2 aliphatic heterocycles. The van der Waals surface area contributed by atoms with Crippen LogP contribution in [0.5, 0.6) is 0 Å². The van der Waals surface area contributed by atoms with Gasteiger partial charge in [0.1, 0.15) is 0 Å². The van der Waals surface area contributed by atoms with Gasteiger partial charge in [0.25, 0.3) is 5.91 Å². The monoisotopic (exact) mass is 443 g/mol. The molecule has 1 amide bonds. The smallest absolute Gasteiger partial charge is 0.258 e. The molecule has 4 nitrogen and oxygen atoms in total. The van der Waals surface area contributed by atoms with Gasteiger partial charge in [-0.1, -0.05) is 60.5 Å². The van der Waals surface area contributed by atoms with E-state index in [1.54, 1.807) is 6.07 Å². The van der Waals surface area contributed by atoms with E-state index in [1.165, 1.54) is 37.9 Å². The molecule has 3 aromatic rings. The largest absolute Gasteiger partial charge is 0.354 e. The van der Waals surface area contributed by atoms with Gasteiger partial charge in [-0.2, -0.15) is 0 Å². The first kappa shape index (κ1) is 20.8. The Morgan fingerprint density at radius 2 is 1.69 bits per heavy atom. The lowest BCUT2D eigenvalue weighted by molar-refractivity contribution is -0.110. The van der Waals surface area contributed by atoms with Crippen molar-refractivity contribution in [1.29, 1.82) is 0 Å². The van der Waals surface area contributed by atoms with Crippen molar-refractivity contribution in [2.75, 3.05) is 23.7 Å². The van der Waals surface area contributed by atoms with E-state index in [9.17, 15) is 4.79 Å². The summed E-state index contributed by atoms with van der Waals surface area (Å²) >= 11 is 6.26. The summed E-state index contributed by atoms with van der Waals surface area (Å²) in [7, 11) is 0. The predicted octanol–water partition coefficient (Wildman–Crippen LogP) is 6.26. The van der Waals surface area contributed by atoms with Crippen molar-refractivity contribution in [3.05, 3.63) is 94.5 Å². The molecule has 162 valence electrons. The van der Waals surface area contributed by atoms with Crippen LogP contribution in [-0.4, -0.2) is 23.9 Å². The number of piperidine rings is 1. The van der Waals surface area contributed by atoms with E-state index in [0.29, 0.717) is 10.6 Å². The summed E-state index contributed by atoms with van der Waals surface area (Å²) in [5.74, 6) is -0.129. The zero-order valence-electron chi connectivity index (χ0n) is 17.9. The molecule has 0 saturated carbocycles. The maximum absolute atomic E-state index is 13.0. The van der Waals surface area contributed by atoms with Gasteiger partial charge in [-0.15, -0.1) is 0 Å². The number of likely N-dealkylation sites (tertiary alicyclic amines) is 1. The van der Waals surface area contributed by atoms with E-state index in [-0.39, 0.29) is 5.91 Å². The third kappa shape index (κ3) is 4.43. The second kappa shape index (κ2) is 9.19. The van der Waals surface area contributed by atoms with E-state index in [2.05, 4.69) is 39.8 Å². The molecule has 0 bridgehead atoms. The third-order valence-electron chi connectivity index (χ3n) is 6.12. The molecule has 1 fully saturated rings. The van der Waals surface area contributed by atoms with Crippen LogP contribution in [0.4, 0.5) is 11.4 Å². The van der Waals surface area contributed by atoms with Crippen molar-refractivity contribution in [2.24, 2.45) is 0 Å². The molecule has 5 rings (SSSR count). The first-order valence-electron chi connectivity index (χ1n) is 11.2. The van der Waals surface area contributed by atoms with Crippen LogP contribution in [0, 0.1) is 0 Å². The highest BCUT2D eigenvalue weighted by atomic mass is 35.5. The fraction of sp³-hybridized carbons (Fsp3) is 0.222. The lowest BCUT2D eigenvalue weighted by Gasteiger charge is -2.26. The molecule has 0 aliphatic carbocycles. The van der Waals surface area contributed by atoms with E-state index in [1.807, 2.05) is 42.5 Å². The van der Waals surface area contributed by atoms with Crippen LogP contribution in [0.2, 0.25) is 5.02 Å². The normalized spacial score (nSPS) is 17.6. The topological polar surface area (TPSA) is 44.4 Å². The van der Waals surface area contributed by atoms with Crippen LogP contribution in [0.15, 0.2) is 72.8 Å². The molecule has 0 atom stereocenters. The van der Waals surface area contributed by atoms with Gasteiger partial charge < -0.3 is 10.6 Å². The van der Waals surface area contributed by atoms with Gasteiger partial charge in [0.15, 0.2) is 0 Å². The molecule has 32 heavy (non-hydrogen) atoms. The van der Waals surface area contributed by atoms with Crippen molar-refractivity contribution < 1.29 is 4.79 Å². The van der Waals surface area contributed by atoms with Crippen LogP contribution in [-0.2, 0) is 11.3 Å². The molecular formula is C27H26ClN3O. The third-order valence-corrected chi connectivity index (χ3v) is 6.35. The average molecular weight is 444 g/mol. The first-order chi connectivity index (χ1) is 15.7. The molecule has 0 radical (unpaired) electrons. The number of amides is 1. The summed E-state index contributed by atoms with van der Waals surface area (Å²) in [6.45, 7) is 3.35. The van der Waals surface area contributed by atoms with Gasteiger partial charge in [-0.3, -0.25) is 9.69 Å². The van der Waals surface area contributed by atoms with Crippen LogP contribution in [0.1, 0.15) is 36.0 Å². The molecule has 1 saturated heterocycles. The summed E-state index contributed by atoms with van der Waals surface area (Å²) in [4.78, 5) is 15.5. The van der Waals surface area contributed by atoms with Gasteiger partial charge in [0, 0.05) is 28.5 Å². The maximum atomic E-state index is 13.0. The summed E-state index contributed by atoms with van der Waals surface area (Å²) in [5.41, 5.74) is 6.17. The molecule has 3 aromatic carbocycles. The van der Waals surface area contributed by atoms with Crippen LogP contribution in [0.3, 0.4) is 0 Å². The average Bonchev–Trinajstić information content (AvgIpc) is 3.14. The summed E-state index contributed by atoms with van der Waals surface area (Å²) in [6, 6.07) is 24.0. The number of hydrogen-bond acceptors (Lipinski definition) is 3. The standard InChI is InChI=1S/C27H26ClN3O/c28-21-11-14-24-23(17-21)25(27(32)30-24)26(20-7-3-1-4-8-20)29-22-12-9-19(10-13-22)18-31-15-5-2-6-16-31/h1,3-4,7-14,17,29H,2,5-6,15-16,18H2,(H,30,32). The number of anilines is 2. The highest BCUT2D eigenvalue weighted by Crippen LogP contribution is 2.38. The van der Waals surface area contributed by atoms with E-state index in [4.69, 9.17) is 11.6 Å². The number of halogens is 1. The summed E-state index contributed by atoms with van der Waals surface area (Å²) < 4.78 is 0. The van der Waals surface area contributed by atoms with Crippen molar-refractivity contribution in [3.8, 4) is 0 Å². The van der Waals surface area contributed by atoms with Crippen LogP contribution in [0.25, 0.3) is 11.3 Å². The zero-order valence-corrected chi connectivity index (χ0v) is 18.7. The fourth-order valence-electron chi connectivity index (χ4n) is 4.49. The SMILES string of the molecule is O=C1Nc2ccc(Cl)cc2C1=C(Nc1ccc(CN2CCCCC2)cc1)c1ccccc1. The van der Waals surface area contributed by atoms with Crippen molar-refractivity contribution >= 4 is 40.2 Å². The number of hydrogen-bond donors (Lipinski definition) is 2. The van der Waals surface area contributed by atoms with Gasteiger partial charge in [0.2, 0.25) is 0 Å². The Hall–Kier alpha value is -3.08. The molecule has 2 N–H and O–H groups in total. The van der Waals surface area contributed by atoms with Gasteiger partial charge >= 0.3 is 0 Å². The van der Waals surface area contributed by atoms with Crippen molar-refractivity contribution in [3.63, 3.8) is 0 Å². The second-order valence-corrected chi connectivity index (χ2v) is 8.86. The Labute approximate surface area is 193 Å². The van der Waals surface area contributed by atoms with Gasteiger partial charge in [-0.25, -0.2) is 0 Å². The van der Waals surface area contributed by atoms with Gasteiger partial charge in [-0.05, 0) is 67.4 Å². The molecule has 5 heteroatoms. The number of carbonyl (C=O) groups excluding carboxylic acids is 1. The Morgan fingerprint density at radius 1 is 0.938 bits per heavy atom. The number of carbonyl (C=O) groups is 1. The molecule has 2 aliphatic rings. The van der Waals surface area contributed by atoms with Crippen LogP contribution < -0.4 is 10.6 Å². The lowest BCUT2D eigenvalue weighted by Crippen LogP contribution is -2.29. The Balaban J connectivity index is 1.48. The quantitative estimate of drug-likeness (QED) is 0.457. The predicted molar refractivity (Wildman–Crippen MR) is 133 cm³/mol. The Bertz CT molecular complexity index is 1150. The number of fused-ring (bicyclic) bond motifs is 1. The number of benzene rings is 3. The van der Waals surface area contributed by atoms with E-state index in [0.717, 1.165) is 34.7 Å². The molecule has 0 aromatic heterocycles. The van der Waals surface area contributed by atoms with Crippen LogP contribution >= 0.6 is 11.6 Å². The fourth-order valence-corrected chi connectivity index (χ4v) is 4.66. The van der Waals surface area contributed by atoms with Gasteiger partial charge in [0.05, 0.1) is 11.3 Å². The number of nitrogens with zero attached hydrogens (tertiary/aromatic N) is 1. The minimum Gasteiger partial charge on any atom is -0.354 e. The molecule has 0 unspecified atom stereocenters. The lowest BCUT2D eigenvalue weighted by atomic mass is 10.00. The highest BCUT2D eigenvalue weighted by molar-refractivity contribution is 6.38. The second-order valence-electron chi connectivity index (χ2n) is 8.42. The van der Waals surface area contributed by atoms with Crippen molar-refractivity contribution in [2.45, 2.75) is 25.8 Å². The Kier molecular flexibility index (Phi) is 5.97. The first-order valence-corrected chi connectivity index (χ1v) is 11.5. The maximum Gasteiger partial charge on any atom is 0.258 e. The molecular weight excluding hydrogens is 418 g/mol. The summed E-state index contributed by atoms with van der Waals surface area (Å²) in [5, 5.41) is 7.09. The minimum absolute atomic E-state index is 0.129.